The summed E-state index contributed by atoms with van der Waals surface area (Å²) in [6.45, 7) is 7.16. The lowest BCUT2D eigenvalue weighted by atomic mass is 10.1. The summed E-state index contributed by atoms with van der Waals surface area (Å²) in [7, 11) is 2.01. The summed E-state index contributed by atoms with van der Waals surface area (Å²) in [6, 6.07) is 11.9. The van der Waals surface area contributed by atoms with E-state index >= 15 is 0 Å². The van der Waals surface area contributed by atoms with Crippen LogP contribution in [-0.2, 0) is 6.42 Å². The van der Waals surface area contributed by atoms with Crippen molar-refractivity contribution >= 4 is 12.4 Å². The van der Waals surface area contributed by atoms with E-state index < -0.39 is 0 Å². The van der Waals surface area contributed by atoms with Crippen LogP contribution in [0.5, 0.6) is 5.75 Å². The zero-order chi connectivity index (χ0) is 19.8. The van der Waals surface area contributed by atoms with Crippen LogP contribution in [0.3, 0.4) is 0 Å². The predicted octanol–water partition coefficient (Wildman–Crippen LogP) is 3.44. The van der Waals surface area contributed by atoms with Crippen LogP contribution in [0.25, 0.3) is 17.0 Å². The van der Waals surface area contributed by atoms with E-state index in [9.17, 15) is 0 Å². The molecule has 7 nitrogen and oxygen atoms in total. The fourth-order valence-corrected chi connectivity index (χ4v) is 2.84. The third kappa shape index (κ3) is 4.82. The normalized spacial score (nSPS) is 11.3. The average Bonchev–Trinajstić information content (AvgIpc) is 3.27. The van der Waals surface area contributed by atoms with E-state index in [1.54, 1.807) is 12.4 Å². The Morgan fingerprint density at radius 3 is 2.93 bits per heavy atom. The van der Waals surface area contributed by atoms with Crippen LogP contribution in [0.2, 0.25) is 0 Å². The Morgan fingerprint density at radius 2 is 2.18 bits per heavy atom. The third-order valence-corrected chi connectivity index (χ3v) is 4.25. The van der Waals surface area contributed by atoms with E-state index in [0.29, 0.717) is 12.3 Å². The van der Waals surface area contributed by atoms with Crippen molar-refractivity contribution in [2.45, 2.75) is 13.3 Å². The van der Waals surface area contributed by atoms with Crippen molar-refractivity contribution in [3.63, 3.8) is 0 Å². The number of para-hydroxylation sites is 1. The summed E-state index contributed by atoms with van der Waals surface area (Å²) in [5.74, 6) is 0.937. The average molecular weight is 376 g/mol. The van der Waals surface area contributed by atoms with Crippen LogP contribution >= 0.6 is 0 Å². The Bertz CT molecular complexity index is 936. The molecule has 3 aromatic rings. The molecule has 1 aromatic carbocycles. The van der Waals surface area contributed by atoms with Gasteiger partial charge in [-0.15, -0.1) is 0 Å². The SMILES string of the molecule is C=N/C(=C\N(C)CCc1ccccc1OCC)c1cc(-c2cn[nH]n2)ccn1. The van der Waals surface area contributed by atoms with E-state index in [-0.39, 0.29) is 0 Å². The molecule has 1 N–H and O–H groups in total. The van der Waals surface area contributed by atoms with Crippen LogP contribution in [0.1, 0.15) is 18.2 Å². The molecule has 28 heavy (non-hydrogen) atoms. The smallest absolute Gasteiger partial charge is 0.122 e. The molecule has 2 aromatic heterocycles. The van der Waals surface area contributed by atoms with Gasteiger partial charge in [-0.3, -0.25) is 9.98 Å². The lowest BCUT2D eigenvalue weighted by molar-refractivity contribution is 0.334. The van der Waals surface area contributed by atoms with E-state index in [0.717, 1.165) is 35.7 Å². The molecule has 0 spiro atoms. The Hall–Kier alpha value is -3.48. The van der Waals surface area contributed by atoms with Crippen molar-refractivity contribution in [1.82, 2.24) is 25.3 Å². The number of ether oxygens (including phenoxy) is 1. The van der Waals surface area contributed by atoms with Gasteiger partial charge in [0.2, 0.25) is 0 Å². The lowest BCUT2D eigenvalue weighted by Crippen LogP contribution is -2.15. The van der Waals surface area contributed by atoms with Crippen molar-refractivity contribution in [1.29, 1.82) is 0 Å². The summed E-state index contributed by atoms with van der Waals surface area (Å²) in [5.41, 5.74) is 4.29. The number of aromatic amines is 1. The minimum atomic E-state index is 0.658. The second kappa shape index (κ2) is 9.45. The Labute approximate surface area is 164 Å². The van der Waals surface area contributed by atoms with E-state index in [4.69, 9.17) is 4.74 Å². The molecule has 0 saturated heterocycles. The van der Waals surface area contributed by atoms with Gasteiger partial charge in [0.05, 0.1) is 18.5 Å². The third-order valence-electron chi connectivity index (χ3n) is 4.25. The minimum absolute atomic E-state index is 0.658. The molecular formula is C21H24N6O. The summed E-state index contributed by atoms with van der Waals surface area (Å²) in [5, 5.41) is 10.6. The number of benzene rings is 1. The molecule has 0 bridgehead atoms. The molecule has 144 valence electrons. The fourth-order valence-electron chi connectivity index (χ4n) is 2.84. The molecule has 0 amide bonds. The molecule has 0 fully saturated rings. The molecule has 0 unspecified atom stereocenters. The summed E-state index contributed by atoms with van der Waals surface area (Å²) < 4.78 is 5.70. The first-order valence-corrected chi connectivity index (χ1v) is 9.13. The van der Waals surface area contributed by atoms with Gasteiger partial charge in [-0.25, -0.2) is 0 Å². The topological polar surface area (TPSA) is 79.3 Å². The lowest BCUT2D eigenvalue weighted by Gasteiger charge is -2.17. The van der Waals surface area contributed by atoms with Crippen LogP contribution in [0.15, 0.2) is 60.0 Å². The number of pyridine rings is 1. The van der Waals surface area contributed by atoms with Crippen molar-refractivity contribution in [2.24, 2.45) is 4.99 Å². The molecule has 7 heteroatoms. The first-order valence-electron chi connectivity index (χ1n) is 9.13. The van der Waals surface area contributed by atoms with Crippen LogP contribution < -0.4 is 4.74 Å². The Kier molecular flexibility index (Phi) is 6.51. The molecule has 2 heterocycles. The molecule has 0 radical (unpaired) electrons. The zero-order valence-corrected chi connectivity index (χ0v) is 16.2. The van der Waals surface area contributed by atoms with Crippen molar-refractivity contribution in [3.8, 4) is 17.0 Å². The second-order valence-corrected chi connectivity index (χ2v) is 6.23. The van der Waals surface area contributed by atoms with Crippen molar-refractivity contribution in [3.05, 3.63) is 66.2 Å². The highest BCUT2D eigenvalue weighted by Crippen LogP contribution is 2.22. The van der Waals surface area contributed by atoms with Crippen LogP contribution in [-0.4, -0.2) is 52.2 Å². The second-order valence-electron chi connectivity index (χ2n) is 6.23. The van der Waals surface area contributed by atoms with Gasteiger partial charge in [0.1, 0.15) is 17.1 Å². The number of aliphatic imine (C=N–C) groups is 1. The number of aromatic nitrogens is 4. The van der Waals surface area contributed by atoms with Gasteiger partial charge in [-0.1, -0.05) is 18.2 Å². The first kappa shape index (κ1) is 19.3. The maximum Gasteiger partial charge on any atom is 0.122 e. The quantitative estimate of drug-likeness (QED) is 0.579. The standard InChI is InChI=1S/C21H24N6O/c1-4-28-21-8-6-5-7-16(21)10-12-27(3)15-20(22-2)18-13-17(9-11-23-18)19-14-24-26-25-19/h5-9,11,13-15H,2,4,10,12H2,1,3H3,(H,24,25,26)/b20-15-. The maximum atomic E-state index is 5.70. The monoisotopic (exact) mass is 376 g/mol. The Morgan fingerprint density at radius 1 is 1.32 bits per heavy atom. The number of hydrogen-bond acceptors (Lipinski definition) is 6. The molecule has 0 aliphatic carbocycles. The highest BCUT2D eigenvalue weighted by atomic mass is 16.5. The minimum Gasteiger partial charge on any atom is -0.494 e. The number of hydrogen-bond donors (Lipinski definition) is 1. The highest BCUT2D eigenvalue weighted by molar-refractivity contribution is 5.69. The van der Waals surface area contributed by atoms with Gasteiger partial charge in [-0.2, -0.15) is 15.4 Å². The number of rotatable bonds is 9. The molecule has 0 aliphatic heterocycles. The van der Waals surface area contributed by atoms with Gasteiger partial charge in [0.25, 0.3) is 0 Å². The zero-order valence-electron chi connectivity index (χ0n) is 16.2. The number of nitrogens with zero attached hydrogens (tertiary/aromatic N) is 5. The number of H-pyrrole nitrogens is 1. The molecule has 3 rings (SSSR count). The van der Waals surface area contributed by atoms with Gasteiger partial charge >= 0.3 is 0 Å². The molecule has 0 saturated carbocycles. The highest BCUT2D eigenvalue weighted by Gasteiger charge is 2.08. The van der Waals surface area contributed by atoms with Crippen LogP contribution in [0.4, 0.5) is 0 Å². The molecule has 0 aliphatic rings. The predicted molar refractivity (Wildman–Crippen MR) is 111 cm³/mol. The maximum absolute atomic E-state index is 5.70. The van der Waals surface area contributed by atoms with E-state index in [1.807, 2.05) is 50.5 Å². The van der Waals surface area contributed by atoms with Crippen LogP contribution in [0, 0.1) is 0 Å². The van der Waals surface area contributed by atoms with Crippen molar-refractivity contribution in [2.75, 3.05) is 20.2 Å². The summed E-state index contributed by atoms with van der Waals surface area (Å²) in [6.07, 6.45) is 6.22. The molecular weight excluding hydrogens is 352 g/mol. The van der Waals surface area contributed by atoms with Crippen molar-refractivity contribution < 1.29 is 4.74 Å². The number of likely N-dealkylation sites (N-methyl/N-ethyl adjacent to an activating group) is 1. The molecule has 0 atom stereocenters. The number of nitrogens with one attached hydrogen (secondary N) is 1. The largest absolute Gasteiger partial charge is 0.494 e. The Balaban J connectivity index is 1.72. The fraction of sp³-hybridized carbons (Fsp3) is 0.238. The first-order chi connectivity index (χ1) is 13.7. The summed E-state index contributed by atoms with van der Waals surface area (Å²) in [4.78, 5) is 10.7. The van der Waals surface area contributed by atoms with Gasteiger partial charge < -0.3 is 9.64 Å². The van der Waals surface area contributed by atoms with Gasteiger partial charge in [0.15, 0.2) is 0 Å². The van der Waals surface area contributed by atoms with E-state index in [1.165, 1.54) is 5.56 Å². The van der Waals surface area contributed by atoms with Gasteiger partial charge in [0, 0.05) is 31.6 Å². The van der Waals surface area contributed by atoms with E-state index in [2.05, 4.69) is 43.1 Å². The summed E-state index contributed by atoms with van der Waals surface area (Å²) >= 11 is 0. The van der Waals surface area contributed by atoms with Gasteiger partial charge in [-0.05, 0) is 43.8 Å².